The minimum absolute atomic E-state index is 0.0966. The first-order valence-electron chi connectivity index (χ1n) is 10.1. The van der Waals surface area contributed by atoms with Gasteiger partial charge in [0, 0.05) is 47.8 Å². The Kier molecular flexibility index (Phi) is 6.37. The second-order valence-corrected chi connectivity index (χ2v) is 7.96. The molecule has 0 aliphatic carbocycles. The SMILES string of the molecule is O=C(Cc1c[nH]c2ccccc12)NC1CCN(CCOc2ccc(Cl)cc2)CC1. The lowest BCUT2D eigenvalue weighted by atomic mass is 10.0. The number of aromatic nitrogens is 1. The summed E-state index contributed by atoms with van der Waals surface area (Å²) in [6, 6.07) is 15.8. The molecular weight excluding hydrogens is 386 g/mol. The van der Waals surface area contributed by atoms with Crippen LogP contribution in [0.5, 0.6) is 5.75 Å². The quantitative estimate of drug-likeness (QED) is 0.617. The maximum absolute atomic E-state index is 12.5. The molecular formula is C23H26ClN3O2. The number of benzene rings is 2. The number of hydrogen-bond donors (Lipinski definition) is 2. The van der Waals surface area contributed by atoms with E-state index in [1.807, 2.05) is 48.7 Å². The summed E-state index contributed by atoms with van der Waals surface area (Å²) in [4.78, 5) is 18.1. The molecule has 0 bridgehead atoms. The Morgan fingerprint density at radius 2 is 1.90 bits per heavy atom. The number of piperidine rings is 1. The summed E-state index contributed by atoms with van der Waals surface area (Å²) < 4.78 is 5.78. The van der Waals surface area contributed by atoms with Crippen LogP contribution in [0.3, 0.4) is 0 Å². The van der Waals surface area contributed by atoms with Crippen LogP contribution in [0.4, 0.5) is 0 Å². The van der Waals surface area contributed by atoms with E-state index >= 15 is 0 Å². The Morgan fingerprint density at radius 3 is 2.69 bits per heavy atom. The molecule has 5 nitrogen and oxygen atoms in total. The topological polar surface area (TPSA) is 57.4 Å². The molecule has 1 aliphatic heterocycles. The fourth-order valence-corrected chi connectivity index (χ4v) is 3.98. The van der Waals surface area contributed by atoms with Crippen molar-refractivity contribution in [1.29, 1.82) is 0 Å². The molecule has 1 amide bonds. The number of hydrogen-bond acceptors (Lipinski definition) is 3. The minimum Gasteiger partial charge on any atom is -0.492 e. The molecule has 1 saturated heterocycles. The zero-order chi connectivity index (χ0) is 20.1. The molecule has 1 fully saturated rings. The van der Waals surface area contributed by atoms with Crippen molar-refractivity contribution in [1.82, 2.24) is 15.2 Å². The van der Waals surface area contributed by atoms with Crippen molar-refractivity contribution in [3.8, 4) is 5.75 Å². The number of para-hydroxylation sites is 1. The highest BCUT2D eigenvalue weighted by Gasteiger charge is 2.21. The number of fused-ring (bicyclic) bond motifs is 1. The monoisotopic (exact) mass is 411 g/mol. The average Bonchev–Trinajstić information content (AvgIpc) is 3.14. The van der Waals surface area contributed by atoms with Gasteiger partial charge in [-0.05, 0) is 48.7 Å². The molecule has 1 aromatic heterocycles. The van der Waals surface area contributed by atoms with E-state index in [0.717, 1.165) is 54.7 Å². The van der Waals surface area contributed by atoms with Gasteiger partial charge < -0.3 is 15.0 Å². The molecule has 2 heterocycles. The van der Waals surface area contributed by atoms with Gasteiger partial charge in [-0.15, -0.1) is 0 Å². The predicted octanol–water partition coefficient (Wildman–Crippen LogP) is 4.02. The largest absolute Gasteiger partial charge is 0.492 e. The van der Waals surface area contributed by atoms with Crippen LogP contribution in [0.15, 0.2) is 54.7 Å². The molecule has 4 rings (SSSR count). The fourth-order valence-electron chi connectivity index (χ4n) is 3.85. The number of ether oxygens (including phenoxy) is 1. The third-order valence-corrected chi connectivity index (χ3v) is 5.72. The Morgan fingerprint density at radius 1 is 1.14 bits per heavy atom. The van der Waals surface area contributed by atoms with Crippen molar-refractivity contribution < 1.29 is 9.53 Å². The highest BCUT2D eigenvalue weighted by atomic mass is 35.5. The molecule has 2 N–H and O–H groups in total. The summed E-state index contributed by atoms with van der Waals surface area (Å²) in [5, 5.41) is 5.04. The number of rotatable bonds is 7. The second kappa shape index (κ2) is 9.33. The zero-order valence-corrected chi connectivity index (χ0v) is 17.1. The second-order valence-electron chi connectivity index (χ2n) is 7.52. The molecule has 0 radical (unpaired) electrons. The summed E-state index contributed by atoms with van der Waals surface area (Å²) in [5.74, 6) is 0.938. The van der Waals surface area contributed by atoms with Crippen molar-refractivity contribution in [3.63, 3.8) is 0 Å². The maximum Gasteiger partial charge on any atom is 0.224 e. The Hall–Kier alpha value is -2.50. The number of carbonyl (C=O) groups is 1. The van der Waals surface area contributed by atoms with E-state index in [0.29, 0.717) is 18.1 Å². The highest BCUT2D eigenvalue weighted by molar-refractivity contribution is 6.30. The summed E-state index contributed by atoms with van der Waals surface area (Å²) >= 11 is 5.89. The number of H-pyrrole nitrogens is 1. The maximum atomic E-state index is 12.5. The van der Waals surface area contributed by atoms with Crippen LogP contribution >= 0.6 is 11.6 Å². The van der Waals surface area contributed by atoms with Crippen LogP contribution in [0.2, 0.25) is 5.02 Å². The van der Waals surface area contributed by atoms with E-state index in [1.54, 1.807) is 0 Å². The molecule has 1 aliphatic rings. The fraction of sp³-hybridized carbons (Fsp3) is 0.348. The molecule has 0 atom stereocenters. The van der Waals surface area contributed by atoms with Crippen LogP contribution in [0.1, 0.15) is 18.4 Å². The van der Waals surface area contributed by atoms with Crippen LogP contribution in [0, 0.1) is 0 Å². The number of halogens is 1. The lowest BCUT2D eigenvalue weighted by molar-refractivity contribution is -0.121. The number of nitrogens with one attached hydrogen (secondary N) is 2. The van der Waals surface area contributed by atoms with Gasteiger partial charge in [-0.2, -0.15) is 0 Å². The van der Waals surface area contributed by atoms with E-state index in [4.69, 9.17) is 16.3 Å². The lowest BCUT2D eigenvalue weighted by Gasteiger charge is -2.32. The molecule has 152 valence electrons. The number of amides is 1. The first kappa shape index (κ1) is 19.8. The lowest BCUT2D eigenvalue weighted by Crippen LogP contribution is -2.45. The zero-order valence-electron chi connectivity index (χ0n) is 16.4. The van der Waals surface area contributed by atoms with Gasteiger partial charge in [-0.3, -0.25) is 9.69 Å². The van der Waals surface area contributed by atoms with Gasteiger partial charge in [0.05, 0.1) is 6.42 Å². The van der Waals surface area contributed by atoms with Crippen molar-refractivity contribution in [2.75, 3.05) is 26.2 Å². The van der Waals surface area contributed by atoms with Gasteiger partial charge in [0.1, 0.15) is 12.4 Å². The highest BCUT2D eigenvalue weighted by Crippen LogP contribution is 2.19. The molecule has 0 unspecified atom stereocenters. The number of carbonyl (C=O) groups excluding carboxylic acids is 1. The Balaban J connectivity index is 1.17. The standard InChI is InChI=1S/C23H26ClN3O2/c24-18-5-7-20(8-6-18)29-14-13-27-11-9-19(10-12-27)26-23(28)15-17-16-25-22-4-2-1-3-21(17)22/h1-8,16,19,25H,9-15H2,(H,26,28). The van der Waals surface area contributed by atoms with Gasteiger partial charge in [0.25, 0.3) is 0 Å². The minimum atomic E-state index is 0.0966. The van der Waals surface area contributed by atoms with E-state index in [-0.39, 0.29) is 11.9 Å². The van der Waals surface area contributed by atoms with E-state index < -0.39 is 0 Å². The number of nitrogens with zero attached hydrogens (tertiary/aromatic N) is 1. The number of aromatic amines is 1. The first-order valence-corrected chi connectivity index (χ1v) is 10.5. The van der Waals surface area contributed by atoms with Crippen LogP contribution in [-0.2, 0) is 11.2 Å². The Labute approximate surface area is 176 Å². The summed E-state index contributed by atoms with van der Waals surface area (Å²) in [7, 11) is 0. The summed E-state index contributed by atoms with van der Waals surface area (Å²) in [6.07, 6.45) is 4.30. The molecule has 2 aromatic carbocycles. The molecule has 3 aromatic rings. The van der Waals surface area contributed by atoms with Crippen molar-refractivity contribution in [2.24, 2.45) is 0 Å². The normalized spacial score (nSPS) is 15.5. The summed E-state index contributed by atoms with van der Waals surface area (Å²) in [6.45, 7) is 3.49. The molecule has 6 heteroatoms. The average molecular weight is 412 g/mol. The first-order chi connectivity index (χ1) is 14.2. The smallest absolute Gasteiger partial charge is 0.224 e. The van der Waals surface area contributed by atoms with Crippen molar-refractivity contribution in [2.45, 2.75) is 25.3 Å². The van der Waals surface area contributed by atoms with Gasteiger partial charge in [-0.1, -0.05) is 29.8 Å². The van der Waals surface area contributed by atoms with E-state index in [1.165, 1.54) is 0 Å². The summed E-state index contributed by atoms with van der Waals surface area (Å²) in [5.41, 5.74) is 2.12. The van der Waals surface area contributed by atoms with Gasteiger partial charge in [0.15, 0.2) is 0 Å². The van der Waals surface area contributed by atoms with E-state index in [2.05, 4.69) is 21.3 Å². The third kappa shape index (κ3) is 5.31. The van der Waals surface area contributed by atoms with Crippen LogP contribution in [0.25, 0.3) is 10.9 Å². The van der Waals surface area contributed by atoms with Crippen LogP contribution < -0.4 is 10.1 Å². The molecule has 0 spiro atoms. The molecule has 0 saturated carbocycles. The number of likely N-dealkylation sites (tertiary alicyclic amines) is 1. The molecule has 29 heavy (non-hydrogen) atoms. The van der Waals surface area contributed by atoms with Gasteiger partial charge >= 0.3 is 0 Å². The van der Waals surface area contributed by atoms with E-state index in [9.17, 15) is 4.79 Å². The van der Waals surface area contributed by atoms with Gasteiger partial charge in [0.2, 0.25) is 5.91 Å². The van der Waals surface area contributed by atoms with Crippen molar-refractivity contribution in [3.05, 3.63) is 65.3 Å². The van der Waals surface area contributed by atoms with Gasteiger partial charge in [-0.25, -0.2) is 0 Å². The third-order valence-electron chi connectivity index (χ3n) is 5.47. The Bertz CT molecular complexity index is 946. The van der Waals surface area contributed by atoms with Crippen LogP contribution in [-0.4, -0.2) is 48.1 Å². The van der Waals surface area contributed by atoms with Crippen molar-refractivity contribution >= 4 is 28.4 Å². The predicted molar refractivity (Wildman–Crippen MR) is 117 cm³/mol.